The molecule has 2 rings (SSSR count). The lowest BCUT2D eigenvalue weighted by Crippen LogP contribution is -2.51. The summed E-state index contributed by atoms with van der Waals surface area (Å²) in [5, 5.41) is 0. The minimum absolute atomic E-state index is 0.179. The van der Waals surface area contributed by atoms with Crippen molar-refractivity contribution >= 4 is 10.0 Å². The van der Waals surface area contributed by atoms with Gasteiger partial charge in [0.25, 0.3) is 0 Å². The SMILES string of the molecule is CC(C)c1ccc(S(=O)(=O)NCC(C(C)C)N2CCOCC2)cc1. The number of morpholine rings is 1. The van der Waals surface area contributed by atoms with E-state index in [-0.39, 0.29) is 6.04 Å². The van der Waals surface area contributed by atoms with E-state index in [0.717, 1.165) is 18.7 Å². The number of sulfonamides is 1. The highest BCUT2D eigenvalue weighted by atomic mass is 32.2. The van der Waals surface area contributed by atoms with Gasteiger partial charge in [-0.2, -0.15) is 0 Å². The Morgan fingerprint density at radius 2 is 1.67 bits per heavy atom. The van der Waals surface area contributed by atoms with Crippen LogP contribution in [0.2, 0.25) is 0 Å². The molecule has 136 valence electrons. The van der Waals surface area contributed by atoms with Crippen LogP contribution in [0.15, 0.2) is 29.2 Å². The van der Waals surface area contributed by atoms with Crippen molar-refractivity contribution in [3.63, 3.8) is 0 Å². The lowest BCUT2D eigenvalue weighted by Gasteiger charge is -2.36. The van der Waals surface area contributed by atoms with Gasteiger partial charge in [0.1, 0.15) is 0 Å². The fourth-order valence-electron chi connectivity index (χ4n) is 3.01. The Bertz CT molecular complexity index is 606. The maximum atomic E-state index is 12.6. The van der Waals surface area contributed by atoms with Crippen molar-refractivity contribution in [3.05, 3.63) is 29.8 Å². The summed E-state index contributed by atoms with van der Waals surface area (Å²) < 4.78 is 33.3. The number of benzene rings is 1. The van der Waals surface area contributed by atoms with E-state index in [1.54, 1.807) is 12.1 Å². The fraction of sp³-hybridized carbons (Fsp3) is 0.667. The van der Waals surface area contributed by atoms with Gasteiger partial charge in [0.15, 0.2) is 0 Å². The Labute approximate surface area is 146 Å². The molecule has 0 aliphatic carbocycles. The summed E-state index contributed by atoms with van der Waals surface area (Å²) in [4.78, 5) is 2.65. The summed E-state index contributed by atoms with van der Waals surface area (Å²) in [6.07, 6.45) is 0. The number of rotatable bonds is 7. The molecule has 1 saturated heterocycles. The molecule has 1 aliphatic heterocycles. The lowest BCUT2D eigenvalue weighted by atomic mass is 10.0. The van der Waals surface area contributed by atoms with E-state index in [0.29, 0.717) is 36.5 Å². The minimum atomic E-state index is -3.48. The maximum Gasteiger partial charge on any atom is 0.240 e. The van der Waals surface area contributed by atoms with Gasteiger partial charge in [0.2, 0.25) is 10.0 Å². The molecule has 0 bridgehead atoms. The highest BCUT2D eigenvalue weighted by Crippen LogP contribution is 2.18. The molecule has 6 heteroatoms. The summed E-state index contributed by atoms with van der Waals surface area (Å²) in [6.45, 7) is 12.0. The number of nitrogens with zero attached hydrogens (tertiary/aromatic N) is 1. The Hall–Kier alpha value is -0.950. The predicted molar refractivity (Wildman–Crippen MR) is 96.7 cm³/mol. The molecule has 1 aromatic carbocycles. The second-order valence-electron chi connectivity index (χ2n) is 7.04. The van der Waals surface area contributed by atoms with Gasteiger partial charge >= 0.3 is 0 Å². The van der Waals surface area contributed by atoms with Crippen molar-refractivity contribution in [1.29, 1.82) is 0 Å². The largest absolute Gasteiger partial charge is 0.379 e. The third kappa shape index (κ3) is 5.02. The predicted octanol–water partition coefficient (Wildman–Crippen LogP) is 2.45. The van der Waals surface area contributed by atoms with Crippen LogP contribution in [-0.4, -0.2) is 52.2 Å². The van der Waals surface area contributed by atoms with Crippen LogP contribution < -0.4 is 4.72 Å². The zero-order valence-corrected chi connectivity index (χ0v) is 16.0. The van der Waals surface area contributed by atoms with E-state index in [1.807, 2.05) is 12.1 Å². The van der Waals surface area contributed by atoms with Crippen molar-refractivity contribution < 1.29 is 13.2 Å². The third-order valence-electron chi connectivity index (χ3n) is 4.62. The summed E-state index contributed by atoms with van der Waals surface area (Å²) in [6, 6.07) is 7.34. The van der Waals surface area contributed by atoms with Gasteiger partial charge in [0.05, 0.1) is 18.1 Å². The quantitative estimate of drug-likeness (QED) is 0.817. The molecular formula is C18H30N2O3S. The van der Waals surface area contributed by atoms with Gasteiger partial charge in [-0.15, -0.1) is 0 Å². The fourth-order valence-corrected chi connectivity index (χ4v) is 4.06. The Kier molecular flexibility index (Phi) is 6.80. The van der Waals surface area contributed by atoms with Gasteiger partial charge in [-0.05, 0) is 29.5 Å². The minimum Gasteiger partial charge on any atom is -0.379 e. The second-order valence-corrected chi connectivity index (χ2v) is 8.80. The molecule has 1 fully saturated rings. The summed E-state index contributed by atoms with van der Waals surface area (Å²) in [7, 11) is -3.48. The topological polar surface area (TPSA) is 58.6 Å². The van der Waals surface area contributed by atoms with Crippen molar-refractivity contribution in [2.75, 3.05) is 32.8 Å². The summed E-state index contributed by atoms with van der Waals surface area (Å²) in [5.74, 6) is 0.760. The van der Waals surface area contributed by atoms with Gasteiger partial charge in [0, 0.05) is 25.7 Å². The first kappa shape index (κ1) is 19.4. The Morgan fingerprint density at radius 1 is 1.08 bits per heavy atom. The van der Waals surface area contributed by atoms with E-state index >= 15 is 0 Å². The zero-order valence-electron chi connectivity index (χ0n) is 15.2. The molecule has 1 aromatic rings. The van der Waals surface area contributed by atoms with Crippen LogP contribution in [0.3, 0.4) is 0 Å². The Balaban J connectivity index is 2.04. The number of hydrogen-bond donors (Lipinski definition) is 1. The number of ether oxygens (including phenoxy) is 1. The third-order valence-corrected chi connectivity index (χ3v) is 6.06. The van der Waals surface area contributed by atoms with Crippen LogP contribution in [0.5, 0.6) is 0 Å². The standard InChI is InChI=1S/C18H30N2O3S/c1-14(2)16-5-7-17(8-6-16)24(21,22)19-13-18(15(3)4)20-9-11-23-12-10-20/h5-8,14-15,18-19H,9-13H2,1-4H3. The average Bonchev–Trinajstić information content (AvgIpc) is 2.55. The van der Waals surface area contributed by atoms with E-state index in [1.165, 1.54) is 0 Å². The van der Waals surface area contributed by atoms with Gasteiger partial charge in [-0.25, -0.2) is 13.1 Å². The monoisotopic (exact) mass is 354 g/mol. The highest BCUT2D eigenvalue weighted by Gasteiger charge is 2.25. The van der Waals surface area contributed by atoms with Crippen molar-refractivity contribution in [3.8, 4) is 0 Å². The molecular weight excluding hydrogens is 324 g/mol. The van der Waals surface area contributed by atoms with Crippen molar-refractivity contribution in [2.24, 2.45) is 5.92 Å². The van der Waals surface area contributed by atoms with E-state index in [9.17, 15) is 8.42 Å². The average molecular weight is 355 g/mol. The van der Waals surface area contributed by atoms with Crippen LogP contribution in [0, 0.1) is 5.92 Å². The van der Waals surface area contributed by atoms with Crippen LogP contribution >= 0.6 is 0 Å². The van der Waals surface area contributed by atoms with E-state index in [2.05, 4.69) is 37.3 Å². The van der Waals surface area contributed by atoms with Gasteiger partial charge in [-0.1, -0.05) is 39.8 Å². The van der Waals surface area contributed by atoms with Crippen molar-refractivity contribution in [1.82, 2.24) is 9.62 Å². The molecule has 24 heavy (non-hydrogen) atoms. The highest BCUT2D eigenvalue weighted by molar-refractivity contribution is 7.89. The van der Waals surface area contributed by atoms with Crippen LogP contribution in [-0.2, 0) is 14.8 Å². The molecule has 1 atom stereocenters. The van der Waals surface area contributed by atoms with Crippen molar-refractivity contribution in [2.45, 2.75) is 44.6 Å². The number of hydrogen-bond acceptors (Lipinski definition) is 4. The van der Waals surface area contributed by atoms with Gasteiger partial charge in [-0.3, -0.25) is 4.90 Å². The molecule has 0 amide bonds. The molecule has 0 radical (unpaired) electrons. The first-order chi connectivity index (χ1) is 11.3. The molecule has 5 nitrogen and oxygen atoms in total. The molecule has 0 saturated carbocycles. The van der Waals surface area contributed by atoms with Crippen LogP contribution in [0.25, 0.3) is 0 Å². The maximum absolute atomic E-state index is 12.6. The Morgan fingerprint density at radius 3 is 2.17 bits per heavy atom. The molecule has 0 aromatic heterocycles. The van der Waals surface area contributed by atoms with Crippen LogP contribution in [0.1, 0.15) is 39.2 Å². The van der Waals surface area contributed by atoms with E-state index in [4.69, 9.17) is 4.74 Å². The summed E-state index contributed by atoms with van der Waals surface area (Å²) in [5.41, 5.74) is 1.14. The zero-order chi connectivity index (χ0) is 17.7. The smallest absolute Gasteiger partial charge is 0.240 e. The summed E-state index contributed by atoms with van der Waals surface area (Å²) >= 11 is 0. The normalized spacial score (nSPS) is 18.2. The molecule has 1 aliphatic rings. The molecule has 0 spiro atoms. The lowest BCUT2D eigenvalue weighted by molar-refractivity contribution is 0.00776. The van der Waals surface area contributed by atoms with Crippen LogP contribution in [0.4, 0.5) is 0 Å². The van der Waals surface area contributed by atoms with E-state index < -0.39 is 10.0 Å². The second kappa shape index (κ2) is 8.43. The van der Waals surface area contributed by atoms with Gasteiger partial charge < -0.3 is 4.74 Å². The first-order valence-corrected chi connectivity index (χ1v) is 10.2. The molecule has 1 unspecified atom stereocenters. The number of nitrogens with one attached hydrogen (secondary N) is 1. The molecule has 1 N–H and O–H groups in total. The first-order valence-electron chi connectivity index (χ1n) is 8.72. The molecule has 1 heterocycles.